The van der Waals surface area contributed by atoms with Crippen LogP contribution < -0.4 is 10.2 Å². The number of nitrogens with zero attached hydrogens (tertiary/aromatic N) is 1. The predicted octanol–water partition coefficient (Wildman–Crippen LogP) is 2.05. The van der Waals surface area contributed by atoms with E-state index >= 15 is 0 Å². The fourth-order valence-electron chi connectivity index (χ4n) is 1.35. The number of benzene rings is 1. The van der Waals surface area contributed by atoms with Gasteiger partial charge in [0.15, 0.2) is 0 Å². The van der Waals surface area contributed by atoms with Crippen molar-refractivity contribution >= 4 is 12.1 Å². The Balaban J connectivity index is 1.99. The maximum Gasteiger partial charge on any atom is 0.271 e. The number of ether oxygens (including phenoxy) is 1. The molecule has 5 heteroatoms. The molecule has 92 valence electrons. The maximum atomic E-state index is 11.7. The molecule has 18 heavy (non-hydrogen) atoms. The summed E-state index contributed by atoms with van der Waals surface area (Å²) in [6.45, 7) is 0. The Labute approximate surface area is 104 Å². The van der Waals surface area contributed by atoms with E-state index in [9.17, 15) is 4.79 Å². The van der Waals surface area contributed by atoms with Gasteiger partial charge in [-0.15, -0.1) is 0 Å². The van der Waals surface area contributed by atoms with Crippen LogP contribution >= 0.6 is 0 Å². The highest BCUT2D eigenvalue weighted by Gasteiger charge is 2.04. The van der Waals surface area contributed by atoms with E-state index in [-0.39, 0.29) is 5.91 Å². The van der Waals surface area contributed by atoms with Gasteiger partial charge in [0.2, 0.25) is 0 Å². The maximum absolute atomic E-state index is 11.7. The third-order valence-electron chi connectivity index (χ3n) is 2.23. The summed E-state index contributed by atoms with van der Waals surface area (Å²) in [5.41, 5.74) is 2.88. The molecule has 2 aromatic rings. The Bertz CT molecular complexity index is 547. The number of methoxy groups -OCH3 is 1. The molecule has 5 nitrogen and oxygen atoms in total. The quantitative estimate of drug-likeness (QED) is 0.661. The van der Waals surface area contributed by atoms with Crippen molar-refractivity contribution in [3.8, 4) is 5.75 Å². The molecule has 1 aromatic carbocycles. The summed E-state index contributed by atoms with van der Waals surface area (Å²) in [5, 5.41) is 3.79. The van der Waals surface area contributed by atoms with E-state index in [4.69, 9.17) is 9.15 Å². The zero-order chi connectivity index (χ0) is 12.8. The van der Waals surface area contributed by atoms with E-state index in [0.29, 0.717) is 17.1 Å². The van der Waals surface area contributed by atoms with E-state index in [0.717, 1.165) is 0 Å². The highest BCUT2D eigenvalue weighted by molar-refractivity contribution is 5.95. The molecule has 1 N–H and O–H groups in total. The topological polar surface area (TPSA) is 63.8 Å². The van der Waals surface area contributed by atoms with Crippen LogP contribution in [0.15, 0.2) is 52.2 Å². The van der Waals surface area contributed by atoms with E-state index in [2.05, 4.69) is 10.5 Å². The van der Waals surface area contributed by atoms with Gasteiger partial charge in [0.1, 0.15) is 11.5 Å². The van der Waals surface area contributed by atoms with Gasteiger partial charge in [-0.3, -0.25) is 4.79 Å². The van der Waals surface area contributed by atoms with Gasteiger partial charge in [0.25, 0.3) is 5.91 Å². The van der Waals surface area contributed by atoms with Crippen molar-refractivity contribution in [2.24, 2.45) is 5.10 Å². The van der Waals surface area contributed by atoms with Crippen molar-refractivity contribution in [2.75, 3.05) is 7.11 Å². The van der Waals surface area contributed by atoms with Crippen LogP contribution in [0.25, 0.3) is 0 Å². The minimum absolute atomic E-state index is 0.309. The van der Waals surface area contributed by atoms with Crippen LogP contribution in [0.4, 0.5) is 0 Å². The van der Waals surface area contributed by atoms with Crippen LogP contribution in [0.1, 0.15) is 16.1 Å². The number of furan rings is 1. The van der Waals surface area contributed by atoms with E-state index < -0.39 is 0 Å². The van der Waals surface area contributed by atoms with Gasteiger partial charge in [-0.05, 0) is 30.3 Å². The van der Waals surface area contributed by atoms with Crippen LogP contribution in [-0.2, 0) is 0 Å². The van der Waals surface area contributed by atoms with Crippen molar-refractivity contribution in [1.29, 1.82) is 0 Å². The van der Waals surface area contributed by atoms with Gasteiger partial charge < -0.3 is 9.15 Å². The molecule has 2 rings (SSSR count). The summed E-state index contributed by atoms with van der Waals surface area (Å²) in [6.07, 6.45) is 2.96. The van der Waals surface area contributed by atoms with Crippen molar-refractivity contribution in [2.45, 2.75) is 0 Å². The van der Waals surface area contributed by atoms with Crippen LogP contribution in [-0.4, -0.2) is 19.2 Å². The number of carbonyl (C=O) groups excluding carboxylic acids is 1. The molecule has 0 aliphatic rings. The summed E-state index contributed by atoms with van der Waals surface area (Å²) < 4.78 is 10.1. The SMILES string of the molecule is COc1cccc(C(=O)NN=Cc2ccco2)c1. The molecule has 1 aromatic heterocycles. The third-order valence-corrected chi connectivity index (χ3v) is 2.23. The van der Waals surface area contributed by atoms with Crippen molar-refractivity contribution in [1.82, 2.24) is 5.43 Å². The monoisotopic (exact) mass is 244 g/mol. The Morgan fingerprint density at radius 3 is 3.00 bits per heavy atom. The Morgan fingerprint density at radius 1 is 1.39 bits per heavy atom. The lowest BCUT2D eigenvalue weighted by Gasteiger charge is -2.02. The Morgan fingerprint density at radius 2 is 2.28 bits per heavy atom. The molecular weight excluding hydrogens is 232 g/mol. The first-order valence-corrected chi connectivity index (χ1v) is 5.30. The fraction of sp³-hybridized carbons (Fsp3) is 0.0769. The van der Waals surface area contributed by atoms with Gasteiger partial charge in [-0.25, -0.2) is 5.43 Å². The standard InChI is InChI=1S/C13H12N2O3/c1-17-11-5-2-4-10(8-11)13(16)15-14-9-12-6-3-7-18-12/h2-9H,1H3,(H,15,16). The molecule has 0 spiro atoms. The van der Waals surface area contributed by atoms with Crippen molar-refractivity contribution < 1.29 is 13.9 Å². The smallest absolute Gasteiger partial charge is 0.271 e. The minimum atomic E-state index is -0.309. The van der Waals surface area contributed by atoms with Gasteiger partial charge in [-0.1, -0.05) is 6.07 Å². The number of nitrogens with one attached hydrogen (secondary N) is 1. The van der Waals surface area contributed by atoms with Gasteiger partial charge >= 0.3 is 0 Å². The lowest BCUT2D eigenvalue weighted by Crippen LogP contribution is -2.17. The molecule has 0 saturated heterocycles. The average Bonchev–Trinajstić information content (AvgIpc) is 2.92. The molecular formula is C13H12N2O3. The van der Waals surface area contributed by atoms with Crippen LogP contribution in [0.5, 0.6) is 5.75 Å². The normalized spacial score (nSPS) is 10.5. The van der Waals surface area contributed by atoms with Gasteiger partial charge in [0.05, 0.1) is 19.6 Å². The predicted molar refractivity (Wildman–Crippen MR) is 66.8 cm³/mol. The molecule has 0 saturated carbocycles. The number of rotatable bonds is 4. The zero-order valence-electron chi connectivity index (χ0n) is 9.79. The number of carbonyl (C=O) groups is 1. The second kappa shape index (κ2) is 5.67. The highest BCUT2D eigenvalue weighted by Crippen LogP contribution is 2.12. The second-order valence-corrected chi connectivity index (χ2v) is 3.45. The second-order valence-electron chi connectivity index (χ2n) is 3.45. The van der Waals surface area contributed by atoms with Crippen LogP contribution in [0.2, 0.25) is 0 Å². The fourth-order valence-corrected chi connectivity index (χ4v) is 1.35. The Kier molecular flexibility index (Phi) is 3.76. The first kappa shape index (κ1) is 11.9. The zero-order valence-corrected chi connectivity index (χ0v) is 9.79. The molecule has 0 radical (unpaired) electrons. The highest BCUT2D eigenvalue weighted by atomic mass is 16.5. The molecule has 0 aliphatic heterocycles. The molecule has 1 amide bonds. The number of hydrazone groups is 1. The molecule has 1 heterocycles. The van der Waals surface area contributed by atoms with Gasteiger partial charge in [0, 0.05) is 5.56 Å². The lowest BCUT2D eigenvalue weighted by molar-refractivity contribution is 0.0955. The lowest BCUT2D eigenvalue weighted by atomic mass is 10.2. The van der Waals surface area contributed by atoms with E-state index in [1.54, 1.807) is 43.5 Å². The van der Waals surface area contributed by atoms with Crippen LogP contribution in [0.3, 0.4) is 0 Å². The van der Waals surface area contributed by atoms with Crippen LogP contribution in [0, 0.1) is 0 Å². The number of hydrogen-bond acceptors (Lipinski definition) is 4. The van der Waals surface area contributed by atoms with E-state index in [1.165, 1.54) is 12.5 Å². The largest absolute Gasteiger partial charge is 0.497 e. The summed E-state index contributed by atoms with van der Waals surface area (Å²) in [6, 6.07) is 10.3. The molecule has 0 fully saturated rings. The number of amides is 1. The molecule has 0 bridgehead atoms. The summed E-state index contributed by atoms with van der Waals surface area (Å²) >= 11 is 0. The number of hydrogen-bond donors (Lipinski definition) is 1. The first-order chi connectivity index (χ1) is 8.79. The summed E-state index contributed by atoms with van der Waals surface area (Å²) in [7, 11) is 1.55. The summed E-state index contributed by atoms with van der Waals surface area (Å²) in [4.78, 5) is 11.7. The molecule has 0 aliphatic carbocycles. The van der Waals surface area contributed by atoms with E-state index in [1.807, 2.05) is 0 Å². The Hall–Kier alpha value is -2.56. The summed E-state index contributed by atoms with van der Waals surface area (Å²) in [5.74, 6) is 0.885. The van der Waals surface area contributed by atoms with Gasteiger partial charge in [-0.2, -0.15) is 5.10 Å². The molecule has 0 atom stereocenters. The van der Waals surface area contributed by atoms with Crippen molar-refractivity contribution in [3.05, 3.63) is 54.0 Å². The third kappa shape index (κ3) is 2.98. The molecule has 0 unspecified atom stereocenters. The first-order valence-electron chi connectivity index (χ1n) is 5.30. The average molecular weight is 244 g/mol. The van der Waals surface area contributed by atoms with Crippen molar-refractivity contribution in [3.63, 3.8) is 0 Å². The minimum Gasteiger partial charge on any atom is -0.497 e.